The van der Waals surface area contributed by atoms with Crippen molar-refractivity contribution in [1.29, 1.82) is 0 Å². The topological polar surface area (TPSA) is 58.4 Å². The van der Waals surface area contributed by atoms with Crippen molar-refractivity contribution in [2.45, 2.75) is 13.5 Å². The Morgan fingerprint density at radius 2 is 2.25 bits per heavy atom. The fourth-order valence-electron chi connectivity index (χ4n) is 1.17. The van der Waals surface area contributed by atoms with Crippen LogP contribution in [0.5, 0.6) is 0 Å². The van der Waals surface area contributed by atoms with E-state index in [1.807, 2.05) is 6.92 Å². The van der Waals surface area contributed by atoms with Crippen LogP contribution >= 0.6 is 0 Å². The molecule has 0 aromatic heterocycles. The van der Waals surface area contributed by atoms with Gasteiger partial charge in [0.1, 0.15) is 5.82 Å². The molecule has 0 spiro atoms. The Balaban J connectivity index is 2.78. The minimum absolute atomic E-state index is 0.110. The van der Waals surface area contributed by atoms with E-state index in [4.69, 9.17) is 5.73 Å². The zero-order valence-electron chi connectivity index (χ0n) is 9.46. The van der Waals surface area contributed by atoms with Crippen LogP contribution in [0, 0.1) is 5.82 Å². The molecule has 88 valence electrons. The van der Waals surface area contributed by atoms with Crippen LogP contribution in [0.1, 0.15) is 12.5 Å². The lowest BCUT2D eigenvalue weighted by Crippen LogP contribution is -2.31. The van der Waals surface area contributed by atoms with Crippen LogP contribution in [0.3, 0.4) is 0 Å². The summed E-state index contributed by atoms with van der Waals surface area (Å²) in [5, 5.41) is 2.66. The van der Waals surface area contributed by atoms with E-state index >= 15 is 0 Å². The molecule has 0 bridgehead atoms. The number of anilines is 1. The molecular weight excluding hydrogens is 209 g/mol. The molecule has 0 saturated carbocycles. The summed E-state index contributed by atoms with van der Waals surface area (Å²) in [6.45, 7) is 2.59. The van der Waals surface area contributed by atoms with Gasteiger partial charge in [0.2, 0.25) is 0 Å². The van der Waals surface area contributed by atoms with Crippen LogP contribution in [0.15, 0.2) is 18.2 Å². The molecule has 0 aliphatic carbocycles. The van der Waals surface area contributed by atoms with Crippen LogP contribution in [-0.2, 0) is 6.54 Å². The number of benzene rings is 1. The van der Waals surface area contributed by atoms with E-state index in [1.54, 1.807) is 7.05 Å². The zero-order chi connectivity index (χ0) is 12.1. The number of urea groups is 1. The fraction of sp³-hybridized carbons (Fsp3) is 0.364. The van der Waals surface area contributed by atoms with Crippen molar-refractivity contribution < 1.29 is 9.18 Å². The molecule has 4 nitrogen and oxygen atoms in total. The second kappa shape index (κ2) is 5.46. The van der Waals surface area contributed by atoms with Crippen molar-refractivity contribution in [3.63, 3.8) is 0 Å². The number of nitrogens with zero attached hydrogens (tertiary/aromatic N) is 1. The summed E-state index contributed by atoms with van der Waals surface area (Å²) >= 11 is 0. The van der Waals surface area contributed by atoms with Crippen LogP contribution < -0.4 is 11.1 Å². The number of rotatable bonds is 3. The standard InChI is InChI=1S/C11H16FN3O/c1-3-15(2)11(16)14-9-4-5-10(12)8(6-9)7-13/h4-6H,3,7,13H2,1-2H3,(H,14,16). The number of carbonyl (C=O) groups is 1. The van der Waals surface area contributed by atoms with Crippen LogP contribution in [-0.4, -0.2) is 24.5 Å². The van der Waals surface area contributed by atoms with Gasteiger partial charge in [-0.05, 0) is 25.1 Å². The molecule has 1 aromatic rings. The van der Waals surface area contributed by atoms with E-state index in [9.17, 15) is 9.18 Å². The molecule has 1 rings (SSSR count). The van der Waals surface area contributed by atoms with Gasteiger partial charge in [-0.3, -0.25) is 0 Å². The first kappa shape index (κ1) is 12.4. The fourth-order valence-corrected chi connectivity index (χ4v) is 1.17. The number of amides is 2. The average Bonchev–Trinajstić information content (AvgIpc) is 2.30. The molecule has 0 heterocycles. The molecule has 0 radical (unpaired) electrons. The van der Waals surface area contributed by atoms with Gasteiger partial charge in [-0.15, -0.1) is 0 Å². The van der Waals surface area contributed by atoms with Crippen molar-refractivity contribution in [1.82, 2.24) is 4.90 Å². The average molecular weight is 225 g/mol. The number of hydrogen-bond donors (Lipinski definition) is 2. The van der Waals surface area contributed by atoms with E-state index in [0.29, 0.717) is 17.8 Å². The van der Waals surface area contributed by atoms with Gasteiger partial charge in [-0.1, -0.05) is 0 Å². The quantitative estimate of drug-likeness (QED) is 0.823. The van der Waals surface area contributed by atoms with Gasteiger partial charge in [-0.2, -0.15) is 0 Å². The van der Waals surface area contributed by atoms with Crippen LogP contribution in [0.2, 0.25) is 0 Å². The summed E-state index contributed by atoms with van der Waals surface area (Å²) in [6.07, 6.45) is 0. The largest absolute Gasteiger partial charge is 0.328 e. The highest BCUT2D eigenvalue weighted by molar-refractivity contribution is 5.89. The molecule has 0 aliphatic heterocycles. The van der Waals surface area contributed by atoms with Gasteiger partial charge < -0.3 is 16.0 Å². The first-order valence-corrected chi connectivity index (χ1v) is 5.09. The lowest BCUT2D eigenvalue weighted by atomic mass is 10.2. The normalized spacial score (nSPS) is 10.0. The molecule has 0 aliphatic rings. The molecule has 16 heavy (non-hydrogen) atoms. The smallest absolute Gasteiger partial charge is 0.321 e. The molecule has 5 heteroatoms. The Labute approximate surface area is 94.2 Å². The second-order valence-electron chi connectivity index (χ2n) is 3.45. The Morgan fingerprint density at radius 1 is 1.56 bits per heavy atom. The summed E-state index contributed by atoms with van der Waals surface area (Å²) < 4.78 is 13.1. The van der Waals surface area contributed by atoms with Crippen molar-refractivity contribution in [3.8, 4) is 0 Å². The van der Waals surface area contributed by atoms with Crippen LogP contribution in [0.25, 0.3) is 0 Å². The van der Waals surface area contributed by atoms with Crippen LogP contribution in [0.4, 0.5) is 14.9 Å². The van der Waals surface area contributed by atoms with E-state index in [-0.39, 0.29) is 18.4 Å². The highest BCUT2D eigenvalue weighted by Gasteiger charge is 2.08. The number of nitrogens with two attached hydrogens (primary N) is 1. The zero-order valence-corrected chi connectivity index (χ0v) is 9.46. The molecule has 3 N–H and O–H groups in total. The van der Waals surface area contributed by atoms with Gasteiger partial charge in [0.25, 0.3) is 0 Å². The lowest BCUT2D eigenvalue weighted by molar-refractivity contribution is 0.224. The third kappa shape index (κ3) is 2.93. The molecule has 2 amide bonds. The predicted octanol–water partition coefficient (Wildman–Crippen LogP) is 1.77. The van der Waals surface area contributed by atoms with E-state index in [1.165, 1.54) is 23.1 Å². The maximum Gasteiger partial charge on any atom is 0.321 e. The molecule has 1 aromatic carbocycles. The SMILES string of the molecule is CCN(C)C(=O)Nc1ccc(F)c(CN)c1. The molecule has 0 atom stereocenters. The highest BCUT2D eigenvalue weighted by atomic mass is 19.1. The Hall–Kier alpha value is -1.62. The van der Waals surface area contributed by atoms with Gasteiger partial charge in [0.15, 0.2) is 0 Å². The van der Waals surface area contributed by atoms with Crippen molar-refractivity contribution >= 4 is 11.7 Å². The summed E-state index contributed by atoms with van der Waals surface area (Å²) in [7, 11) is 1.68. The Morgan fingerprint density at radius 3 is 2.81 bits per heavy atom. The first-order valence-electron chi connectivity index (χ1n) is 5.09. The maximum absolute atomic E-state index is 13.1. The minimum Gasteiger partial charge on any atom is -0.328 e. The summed E-state index contributed by atoms with van der Waals surface area (Å²) in [6, 6.07) is 4.12. The predicted molar refractivity (Wildman–Crippen MR) is 61.6 cm³/mol. The van der Waals surface area contributed by atoms with E-state index in [0.717, 1.165) is 0 Å². The molecule has 0 saturated heterocycles. The molecule has 0 unspecified atom stereocenters. The lowest BCUT2D eigenvalue weighted by Gasteiger charge is -2.15. The molecular formula is C11H16FN3O. The summed E-state index contributed by atoms with van der Waals surface area (Å²) in [5.41, 5.74) is 6.31. The van der Waals surface area contributed by atoms with Crippen molar-refractivity contribution in [2.24, 2.45) is 5.73 Å². The van der Waals surface area contributed by atoms with Gasteiger partial charge in [-0.25, -0.2) is 9.18 Å². The van der Waals surface area contributed by atoms with E-state index < -0.39 is 0 Å². The summed E-state index contributed by atoms with van der Waals surface area (Å²) in [4.78, 5) is 13.0. The Bertz CT molecular complexity index is 381. The molecule has 0 fully saturated rings. The number of hydrogen-bond acceptors (Lipinski definition) is 2. The maximum atomic E-state index is 13.1. The first-order chi connectivity index (χ1) is 7.58. The third-order valence-corrected chi connectivity index (χ3v) is 2.34. The monoisotopic (exact) mass is 225 g/mol. The number of nitrogens with one attached hydrogen (secondary N) is 1. The van der Waals surface area contributed by atoms with Crippen molar-refractivity contribution in [2.75, 3.05) is 18.9 Å². The van der Waals surface area contributed by atoms with Gasteiger partial charge >= 0.3 is 6.03 Å². The van der Waals surface area contributed by atoms with Gasteiger partial charge in [0.05, 0.1) is 0 Å². The Kier molecular flexibility index (Phi) is 4.25. The van der Waals surface area contributed by atoms with Gasteiger partial charge in [0, 0.05) is 31.4 Å². The van der Waals surface area contributed by atoms with E-state index in [2.05, 4.69) is 5.32 Å². The summed E-state index contributed by atoms with van der Waals surface area (Å²) in [5.74, 6) is -0.357. The second-order valence-corrected chi connectivity index (χ2v) is 3.45. The minimum atomic E-state index is -0.357. The third-order valence-electron chi connectivity index (χ3n) is 2.34. The number of halogens is 1. The van der Waals surface area contributed by atoms with Crippen molar-refractivity contribution in [3.05, 3.63) is 29.6 Å². The number of carbonyl (C=O) groups excluding carboxylic acids is 1. The highest BCUT2D eigenvalue weighted by Crippen LogP contribution is 2.14.